The van der Waals surface area contributed by atoms with E-state index in [1.165, 1.54) is 43.5 Å². The molecule has 0 radical (unpaired) electrons. The van der Waals surface area contributed by atoms with Gasteiger partial charge in [0.05, 0.1) is 16.9 Å². The molecule has 0 unspecified atom stereocenters. The number of methoxy groups -OCH3 is 1. The molecular formula is C24H19NO6S. The zero-order valence-electron chi connectivity index (χ0n) is 17.1. The van der Waals surface area contributed by atoms with E-state index < -0.39 is 33.5 Å². The zero-order chi connectivity index (χ0) is 22.9. The van der Waals surface area contributed by atoms with Crippen LogP contribution in [0.4, 0.5) is 0 Å². The van der Waals surface area contributed by atoms with Crippen LogP contribution in [-0.2, 0) is 25.8 Å². The zero-order valence-corrected chi connectivity index (χ0v) is 17.9. The smallest absolute Gasteiger partial charge is 0.328 e. The lowest BCUT2D eigenvalue weighted by Crippen LogP contribution is -2.43. The summed E-state index contributed by atoms with van der Waals surface area (Å²) in [4.78, 5) is 37.6. The molecule has 1 aliphatic heterocycles. The van der Waals surface area contributed by atoms with Crippen molar-refractivity contribution in [2.24, 2.45) is 0 Å². The van der Waals surface area contributed by atoms with Gasteiger partial charge in [-0.25, -0.2) is 13.2 Å². The van der Waals surface area contributed by atoms with Crippen molar-refractivity contribution in [3.05, 3.63) is 95.1 Å². The first-order chi connectivity index (χ1) is 15.3. The van der Waals surface area contributed by atoms with Gasteiger partial charge in [-0.05, 0) is 35.9 Å². The quantitative estimate of drug-likeness (QED) is 0.470. The SMILES string of the molecule is COC(=O)[C@@H](Cc1ccccc1)NC(=O)c1ccc2c(c1)S(=O)(=O)c1ccccc1C2=O. The normalized spacial score (nSPS) is 14.6. The van der Waals surface area contributed by atoms with Crippen LogP contribution in [0.5, 0.6) is 0 Å². The van der Waals surface area contributed by atoms with E-state index in [1.807, 2.05) is 30.3 Å². The van der Waals surface area contributed by atoms with Crippen molar-refractivity contribution in [1.29, 1.82) is 0 Å². The van der Waals surface area contributed by atoms with Gasteiger partial charge in [-0.1, -0.05) is 42.5 Å². The molecule has 1 amide bonds. The largest absolute Gasteiger partial charge is 0.467 e. The van der Waals surface area contributed by atoms with Crippen LogP contribution in [0.25, 0.3) is 0 Å². The van der Waals surface area contributed by atoms with Crippen LogP contribution in [-0.4, -0.2) is 39.2 Å². The number of carbonyl (C=O) groups excluding carboxylic acids is 3. The van der Waals surface area contributed by atoms with E-state index in [-0.39, 0.29) is 32.9 Å². The lowest BCUT2D eigenvalue weighted by atomic mass is 10.0. The molecule has 0 fully saturated rings. The van der Waals surface area contributed by atoms with Crippen LogP contribution < -0.4 is 5.32 Å². The molecule has 7 nitrogen and oxygen atoms in total. The van der Waals surface area contributed by atoms with Crippen molar-refractivity contribution in [3.63, 3.8) is 0 Å². The van der Waals surface area contributed by atoms with Crippen LogP contribution in [0, 0.1) is 0 Å². The third-order valence-corrected chi connectivity index (χ3v) is 7.12. The molecule has 4 rings (SSSR count). The molecule has 162 valence electrons. The summed E-state index contributed by atoms with van der Waals surface area (Å²) in [5.41, 5.74) is 0.944. The van der Waals surface area contributed by atoms with Gasteiger partial charge in [0.1, 0.15) is 6.04 Å². The Morgan fingerprint density at radius 1 is 0.906 bits per heavy atom. The third kappa shape index (κ3) is 3.80. The number of benzene rings is 3. The van der Waals surface area contributed by atoms with Crippen molar-refractivity contribution < 1.29 is 27.5 Å². The molecule has 32 heavy (non-hydrogen) atoms. The molecule has 1 heterocycles. The van der Waals surface area contributed by atoms with Crippen molar-refractivity contribution >= 4 is 27.5 Å². The average molecular weight is 449 g/mol. The Morgan fingerprint density at radius 2 is 1.56 bits per heavy atom. The van der Waals surface area contributed by atoms with Gasteiger partial charge in [-0.3, -0.25) is 9.59 Å². The number of fused-ring (bicyclic) bond motifs is 2. The fourth-order valence-electron chi connectivity index (χ4n) is 3.65. The highest BCUT2D eigenvalue weighted by Gasteiger charge is 2.35. The first-order valence-electron chi connectivity index (χ1n) is 9.78. The van der Waals surface area contributed by atoms with Gasteiger partial charge >= 0.3 is 5.97 Å². The highest BCUT2D eigenvalue weighted by Crippen LogP contribution is 2.34. The number of rotatable bonds is 5. The lowest BCUT2D eigenvalue weighted by Gasteiger charge is -2.20. The summed E-state index contributed by atoms with van der Waals surface area (Å²) in [6.07, 6.45) is 0.203. The Morgan fingerprint density at radius 3 is 2.28 bits per heavy atom. The summed E-state index contributed by atoms with van der Waals surface area (Å²) < 4.78 is 31.0. The molecular weight excluding hydrogens is 430 g/mol. The standard InChI is InChI=1S/C24H19NO6S/c1-31-24(28)19(13-15-7-3-2-4-8-15)25-23(27)16-11-12-18-21(14-16)32(29,30)20-10-6-5-9-17(20)22(18)26/h2-12,14,19H,13H2,1H3,(H,25,27)/t19-/m1/s1. The van der Waals surface area contributed by atoms with Crippen molar-refractivity contribution in [3.8, 4) is 0 Å². The van der Waals surface area contributed by atoms with Gasteiger partial charge in [0, 0.05) is 23.1 Å². The minimum Gasteiger partial charge on any atom is -0.467 e. The van der Waals surface area contributed by atoms with Crippen molar-refractivity contribution in [2.45, 2.75) is 22.3 Å². The number of carbonyl (C=O) groups is 3. The van der Waals surface area contributed by atoms with Crippen LogP contribution in [0.2, 0.25) is 0 Å². The Labute approximate surface area is 185 Å². The van der Waals surface area contributed by atoms with Crippen molar-refractivity contribution in [1.82, 2.24) is 5.32 Å². The van der Waals surface area contributed by atoms with Crippen LogP contribution in [0.15, 0.2) is 82.6 Å². The van der Waals surface area contributed by atoms with E-state index in [1.54, 1.807) is 6.07 Å². The maximum atomic E-state index is 13.1. The number of hydrogen-bond donors (Lipinski definition) is 1. The molecule has 0 bridgehead atoms. The number of esters is 1. The fraction of sp³-hybridized carbons (Fsp3) is 0.125. The van der Waals surface area contributed by atoms with E-state index in [2.05, 4.69) is 5.32 Å². The third-order valence-electron chi connectivity index (χ3n) is 5.27. The second-order valence-electron chi connectivity index (χ2n) is 7.28. The van der Waals surface area contributed by atoms with E-state index in [0.29, 0.717) is 0 Å². The summed E-state index contributed by atoms with van der Waals surface area (Å²) in [6, 6.07) is 18.0. The first kappa shape index (κ1) is 21.5. The molecule has 0 spiro atoms. The molecule has 8 heteroatoms. The summed E-state index contributed by atoms with van der Waals surface area (Å²) >= 11 is 0. The molecule has 1 aliphatic rings. The van der Waals surface area contributed by atoms with E-state index in [0.717, 1.165) is 5.56 Å². The minimum atomic E-state index is -3.98. The fourth-order valence-corrected chi connectivity index (χ4v) is 5.33. The Hall–Kier alpha value is -3.78. The molecule has 1 N–H and O–H groups in total. The van der Waals surface area contributed by atoms with Gasteiger partial charge in [-0.15, -0.1) is 0 Å². The Bertz CT molecular complexity index is 1330. The summed E-state index contributed by atoms with van der Waals surface area (Å²) in [5, 5.41) is 2.60. The average Bonchev–Trinajstić information content (AvgIpc) is 2.82. The van der Waals surface area contributed by atoms with Gasteiger partial charge in [-0.2, -0.15) is 0 Å². The summed E-state index contributed by atoms with van der Waals surface area (Å²) in [7, 11) is -2.76. The molecule has 0 aromatic heterocycles. The van der Waals surface area contributed by atoms with Crippen LogP contribution >= 0.6 is 0 Å². The number of ether oxygens (including phenoxy) is 1. The maximum Gasteiger partial charge on any atom is 0.328 e. The van der Waals surface area contributed by atoms with Crippen molar-refractivity contribution in [2.75, 3.05) is 7.11 Å². The molecule has 0 saturated carbocycles. The number of hydrogen-bond acceptors (Lipinski definition) is 6. The predicted octanol–water partition coefficient (Wildman–Crippen LogP) is 2.58. The number of amides is 1. The highest BCUT2D eigenvalue weighted by molar-refractivity contribution is 7.91. The molecule has 3 aromatic carbocycles. The van der Waals surface area contributed by atoms with Crippen LogP contribution in [0.3, 0.4) is 0 Å². The predicted molar refractivity (Wildman–Crippen MR) is 115 cm³/mol. The maximum absolute atomic E-state index is 13.1. The monoisotopic (exact) mass is 449 g/mol. The lowest BCUT2D eigenvalue weighted by molar-refractivity contribution is -0.142. The van der Waals surface area contributed by atoms with Gasteiger partial charge in [0.2, 0.25) is 9.84 Å². The molecule has 1 atom stereocenters. The Balaban J connectivity index is 1.66. The molecule has 0 saturated heterocycles. The van der Waals surface area contributed by atoms with Gasteiger partial charge in [0.15, 0.2) is 5.78 Å². The van der Waals surface area contributed by atoms with E-state index in [9.17, 15) is 22.8 Å². The Kier molecular flexibility index (Phi) is 5.63. The van der Waals surface area contributed by atoms with Gasteiger partial charge in [0.25, 0.3) is 5.91 Å². The second kappa shape index (κ2) is 8.39. The molecule has 3 aromatic rings. The van der Waals surface area contributed by atoms with E-state index >= 15 is 0 Å². The summed E-state index contributed by atoms with van der Waals surface area (Å²) in [6.45, 7) is 0. The highest BCUT2D eigenvalue weighted by atomic mass is 32.2. The van der Waals surface area contributed by atoms with Crippen LogP contribution in [0.1, 0.15) is 31.8 Å². The number of nitrogens with one attached hydrogen (secondary N) is 1. The second-order valence-corrected chi connectivity index (χ2v) is 9.17. The first-order valence-corrected chi connectivity index (χ1v) is 11.3. The van der Waals surface area contributed by atoms with Gasteiger partial charge < -0.3 is 10.1 Å². The number of sulfone groups is 1. The van der Waals surface area contributed by atoms with E-state index in [4.69, 9.17) is 4.74 Å². The topological polar surface area (TPSA) is 107 Å². The summed E-state index contributed by atoms with van der Waals surface area (Å²) in [5.74, 6) is -1.70. The molecule has 0 aliphatic carbocycles. The number of ketones is 1. The minimum absolute atomic E-state index is 0.00838.